The van der Waals surface area contributed by atoms with E-state index in [0.29, 0.717) is 18.6 Å². The van der Waals surface area contributed by atoms with Gasteiger partial charge in [-0.15, -0.1) is 0 Å². The SMILES string of the molecule is O=C1CCC2(CC1)c1ccccc1OC2CO. The average molecular weight is 232 g/mol. The summed E-state index contributed by atoms with van der Waals surface area (Å²) in [5.41, 5.74) is 1.03. The van der Waals surface area contributed by atoms with Crippen LogP contribution in [0.15, 0.2) is 24.3 Å². The molecule has 1 aliphatic heterocycles. The minimum atomic E-state index is -0.187. The largest absolute Gasteiger partial charge is 0.487 e. The Bertz CT molecular complexity index is 443. The normalized spacial score (nSPS) is 25.7. The maximum absolute atomic E-state index is 11.4. The van der Waals surface area contributed by atoms with E-state index in [9.17, 15) is 9.90 Å². The fourth-order valence-corrected chi connectivity index (χ4v) is 3.20. The third-order valence-corrected chi connectivity index (χ3v) is 4.17. The molecule has 3 nitrogen and oxygen atoms in total. The third-order valence-electron chi connectivity index (χ3n) is 4.17. The molecule has 0 aromatic heterocycles. The maximum Gasteiger partial charge on any atom is 0.132 e. The molecule has 0 amide bonds. The Morgan fingerprint density at radius 1 is 1.29 bits per heavy atom. The van der Waals surface area contributed by atoms with E-state index in [1.54, 1.807) is 0 Å². The molecular formula is C14H16O3. The van der Waals surface area contributed by atoms with Crippen molar-refractivity contribution in [3.8, 4) is 5.75 Å². The molecule has 1 fully saturated rings. The Morgan fingerprint density at radius 2 is 2.00 bits per heavy atom. The van der Waals surface area contributed by atoms with Crippen LogP contribution in [0.5, 0.6) is 5.75 Å². The van der Waals surface area contributed by atoms with Gasteiger partial charge in [0.25, 0.3) is 0 Å². The van der Waals surface area contributed by atoms with Gasteiger partial charge in [-0.05, 0) is 18.9 Å². The summed E-state index contributed by atoms with van der Waals surface area (Å²) < 4.78 is 5.82. The van der Waals surface area contributed by atoms with Crippen molar-refractivity contribution in [2.75, 3.05) is 6.61 Å². The molecule has 1 heterocycles. The quantitative estimate of drug-likeness (QED) is 0.803. The topological polar surface area (TPSA) is 46.5 Å². The second kappa shape index (κ2) is 3.84. The van der Waals surface area contributed by atoms with Crippen LogP contribution >= 0.6 is 0 Å². The lowest BCUT2D eigenvalue weighted by atomic mass is 9.67. The second-order valence-corrected chi connectivity index (χ2v) is 4.98. The zero-order chi connectivity index (χ0) is 11.9. The number of ether oxygens (including phenoxy) is 1. The van der Waals surface area contributed by atoms with Gasteiger partial charge >= 0.3 is 0 Å². The molecule has 1 aromatic carbocycles. The molecule has 1 unspecified atom stereocenters. The van der Waals surface area contributed by atoms with Crippen LogP contribution < -0.4 is 4.74 Å². The van der Waals surface area contributed by atoms with Crippen molar-refractivity contribution < 1.29 is 14.6 Å². The number of carbonyl (C=O) groups is 1. The van der Waals surface area contributed by atoms with E-state index >= 15 is 0 Å². The van der Waals surface area contributed by atoms with Crippen molar-refractivity contribution >= 4 is 5.78 Å². The van der Waals surface area contributed by atoms with E-state index in [4.69, 9.17) is 4.74 Å². The number of carbonyl (C=O) groups excluding carboxylic acids is 1. The molecule has 90 valence electrons. The zero-order valence-corrected chi connectivity index (χ0v) is 9.69. The molecule has 0 radical (unpaired) electrons. The molecule has 1 spiro atoms. The van der Waals surface area contributed by atoms with Gasteiger partial charge in [0.2, 0.25) is 0 Å². The summed E-state index contributed by atoms with van der Waals surface area (Å²) in [5.74, 6) is 1.21. The molecule has 0 saturated heterocycles. The second-order valence-electron chi connectivity index (χ2n) is 4.98. The van der Waals surface area contributed by atoms with Crippen molar-refractivity contribution in [2.45, 2.75) is 37.2 Å². The standard InChI is InChI=1S/C14H16O3/c15-9-13-14(7-5-10(16)6-8-14)11-3-1-2-4-12(11)17-13/h1-4,13,15H,5-9H2. The van der Waals surface area contributed by atoms with Gasteiger partial charge in [0.05, 0.1) is 6.61 Å². The number of aliphatic hydroxyl groups excluding tert-OH is 1. The summed E-state index contributed by atoms with van der Waals surface area (Å²) >= 11 is 0. The molecule has 2 aliphatic rings. The van der Waals surface area contributed by atoms with Crippen LogP contribution in [0.3, 0.4) is 0 Å². The number of ketones is 1. The first-order valence-corrected chi connectivity index (χ1v) is 6.15. The van der Waals surface area contributed by atoms with Crippen molar-refractivity contribution in [3.05, 3.63) is 29.8 Å². The highest BCUT2D eigenvalue weighted by molar-refractivity contribution is 5.80. The van der Waals surface area contributed by atoms with E-state index < -0.39 is 0 Å². The van der Waals surface area contributed by atoms with Crippen LogP contribution in [0, 0.1) is 0 Å². The van der Waals surface area contributed by atoms with Gasteiger partial charge in [-0.3, -0.25) is 4.79 Å². The van der Waals surface area contributed by atoms with Crippen molar-refractivity contribution in [1.29, 1.82) is 0 Å². The summed E-state index contributed by atoms with van der Waals surface area (Å²) in [6, 6.07) is 7.96. The van der Waals surface area contributed by atoms with Crippen LogP contribution in [0.2, 0.25) is 0 Å². The molecule has 1 saturated carbocycles. The lowest BCUT2D eigenvalue weighted by molar-refractivity contribution is -0.122. The Kier molecular flexibility index (Phi) is 2.44. The summed E-state index contributed by atoms with van der Waals surface area (Å²) in [6.07, 6.45) is 2.62. The summed E-state index contributed by atoms with van der Waals surface area (Å²) in [7, 11) is 0. The van der Waals surface area contributed by atoms with Crippen LogP contribution in [0.1, 0.15) is 31.2 Å². The molecule has 1 aromatic rings. The van der Waals surface area contributed by atoms with E-state index in [0.717, 1.165) is 18.6 Å². The summed E-state index contributed by atoms with van der Waals surface area (Å²) in [4.78, 5) is 11.4. The highest BCUT2D eigenvalue weighted by atomic mass is 16.5. The minimum absolute atomic E-state index is 0.0167. The Labute approximate surface area is 100 Å². The fourth-order valence-electron chi connectivity index (χ4n) is 3.20. The lowest BCUT2D eigenvalue weighted by Gasteiger charge is -2.36. The van der Waals surface area contributed by atoms with Gasteiger partial charge in [-0.1, -0.05) is 18.2 Å². The van der Waals surface area contributed by atoms with Crippen molar-refractivity contribution in [2.24, 2.45) is 0 Å². The molecule has 1 N–H and O–H groups in total. The van der Waals surface area contributed by atoms with Crippen LogP contribution in [-0.2, 0) is 10.2 Å². The third kappa shape index (κ3) is 1.49. The fraction of sp³-hybridized carbons (Fsp3) is 0.500. The molecule has 1 aliphatic carbocycles. The van der Waals surface area contributed by atoms with E-state index in [2.05, 4.69) is 6.07 Å². The maximum atomic E-state index is 11.4. The number of hydrogen-bond donors (Lipinski definition) is 1. The predicted octanol–water partition coefficient (Wildman–Crippen LogP) is 1.82. The Morgan fingerprint density at radius 3 is 2.71 bits per heavy atom. The number of benzene rings is 1. The first kappa shape index (κ1) is 10.8. The summed E-state index contributed by atoms with van der Waals surface area (Å²) in [5, 5.41) is 9.51. The number of rotatable bonds is 1. The number of Topliss-reactive ketones (excluding diaryl/α,β-unsaturated/α-hetero) is 1. The highest BCUT2D eigenvalue weighted by Gasteiger charge is 2.49. The predicted molar refractivity (Wildman–Crippen MR) is 63.1 cm³/mol. The number of aliphatic hydroxyl groups is 1. The zero-order valence-electron chi connectivity index (χ0n) is 9.69. The van der Waals surface area contributed by atoms with Crippen LogP contribution in [-0.4, -0.2) is 23.6 Å². The van der Waals surface area contributed by atoms with Crippen LogP contribution in [0.4, 0.5) is 0 Å². The smallest absolute Gasteiger partial charge is 0.132 e. The van der Waals surface area contributed by atoms with Gasteiger partial charge in [0.15, 0.2) is 0 Å². The molecule has 0 bridgehead atoms. The van der Waals surface area contributed by atoms with Gasteiger partial charge < -0.3 is 9.84 Å². The Balaban J connectivity index is 2.03. The molecule has 1 atom stereocenters. The first-order chi connectivity index (χ1) is 8.26. The molecule has 3 heteroatoms. The van der Waals surface area contributed by atoms with Gasteiger partial charge in [0, 0.05) is 23.8 Å². The molecular weight excluding hydrogens is 216 g/mol. The van der Waals surface area contributed by atoms with E-state index in [-0.39, 0.29) is 18.1 Å². The highest BCUT2D eigenvalue weighted by Crippen LogP contribution is 2.50. The van der Waals surface area contributed by atoms with Gasteiger partial charge in [-0.2, -0.15) is 0 Å². The summed E-state index contributed by atoms with van der Waals surface area (Å²) in [6.45, 7) is 0.0167. The monoisotopic (exact) mass is 232 g/mol. The van der Waals surface area contributed by atoms with Crippen LogP contribution in [0.25, 0.3) is 0 Å². The minimum Gasteiger partial charge on any atom is -0.487 e. The van der Waals surface area contributed by atoms with E-state index in [1.165, 1.54) is 5.56 Å². The molecule has 17 heavy (non-hydrogen) atoms. The first-order valence-electron chi connectivity index (χ1n) is 6.15. The average Bonchev–Trinajstić information content (AvgIpc) is 2.68. The lowest BCUT2D eigenvalue weighted by Crippen LogP contribution is -2.43. The number of hydrogen-bond acceptors (Lipinski definition) is 3. The number of para-hydroxylation sites is 1. The Hall–Kier alpha value is -1.35. The molecule has 3 rings (SSSR count). The van der Waals surface area contributed by atoms with Gasteiger partial charge in [0.1, 0.15) is 17.6 Å². The van der Waals surface area contributed by atoms with Gasteiger partial charge in [-0.25, -0.2) is 0 Å². The van der Waals surface area contributed by atoms with E-state index in [1.807, 2.05) is 18.2 Å². The number of fused-ring (bicyclic) bond motifs is 2. The van der Waals surface area contributed by atoms with Crippen molar-refractivity contribution in [1.82, 2.24) is 0 Å². The van der Waals surface area contributed by atoms with Crippen molar-refractivity contribution in [3.63, 3.8) is 0 Å².